The molecule has 3 aromatic carbocycles. The van der Waals surface area contributed by atoms with E-state index in [0.29, 0.717) is 37.4 Å². The van der Waals surface area contributed by atoms with Crippen molar-refractivity contribution in [1.82, 2.24) is 10.3 Å². The molecule has 2 heterocycles. The molecule has 9 heteroatoms. The van der Waals surface area contributed by atoms with Gasteiger partial charge in [-0.3, -0.25) is 15.1 Å². The quantitative estimate of drug-likeness (QED) is 0.549. The Morgan fingerprint density at radius 1 is 1.15 bits per heavy atom. The van der Waals surface area contributed by atoms with Crippen LogP contribution in [0.2, 0.25) is 0 Å². The zero-order valence-corrected chi connectivity index (χ0v) is 19.9. The van der Waals surface area contributed by atoms with Crippen molar-refractivity contribution < 1.29 is 14.6 Å². The fourth-order valence-electron chi connectivity index (χ4n) is 3.73. The van der Waals surface area contributed by atoms with E-state index >= 15 is 0 Å². The number of para-hydroxylation sites is 1. The molecule has 7 nitrogen and oxygen atoms in total. The van der Waals surface area contributed by atoms with Gasteiger partial charge in [-0.2, -0.15) is 0 Å². The fraction of sp³-hybridized carbons (Fsp3) is 0.125. The Hall–Kier alpha value is -3.30. The van der Waals surface area contributed by atoms with Crippen LogP contribution in [0.25, 0.3) is 5.70 Å². The van der Waals surface area contributed by atoms with E-state index in [-0.39, 0.29) is 11.7 Å². The SMILES string of the molecule is COc1cc(C2N=c3ccccc3=C3C(=O)NC(SCc4ccccc4)=NN32)cc(Br)c1O. The number of fused-ring (bicyclic) bond motifs is 2. The number of hydrazone groups is 1. The number of amides is 1. The predicted molar refractivity (Wildman–Crippen MR) is 131 cm³/mol. The highest BCUT2D eigenvalue weighted by atomic mass is 79.9. The molecule has 0 radical (unpaired) electrons. The second-order valence-corrected chi connectivity index (χ2v) is 9.22. The maximum atomic E-state index is 13.2. The van der Waals surface area contributed by atoms with Crippen molar-refractivity contribution in [3.63, 3.8) is 0 Å². The van der Waals surface area contributed by atoms with Gasteiger partial charge in [-0.05, 0) is 39.7 Å². The first-order valence-corrected chi connectivity index (χ1v) is 11.9. The molecule has 1 amide bonds. The molecule has 0 aliphatic carbocycles. The first-order chi connectivity index (χ1) is 16.0. The molecule has 0 bridgehead atoms. The second-order valence-electron chi connectivity index (χ2n) is 7.40. The summed E-state index contributed by atoms with van der Waals surface area (Å²) in [5, 5.41) is 21.5. The number of nitrogens with zero attached hydrogens (tertiary/aromatic N) is 3. The van der Waals surface area contributed by atoms with Gasteiger partial charge in [0.2, 0.25) is 0 Å². The molecule has 3 aromatic rings. The van der Waals surface area contributed by atoms with Crippen LogP contribution in [0.15, 0.2) is 81.3 Å². The first-order valence-electron chi connectivity index (χ1n) is 10.1. The average Bonchev–Trinajstić information content (AvgIpc) is 2.84. The molecule has 2 N–H and O–H groups in total. The topological polar surface area (TPSA) is 86.5 Å². The number of benzene rings is 3. The number of phenolic OH excluding ortho intramolecular Hbond substituents is 1. The van der Waals surface area contributed by atoms with Gasteiger partial charge in [-0.25, -0.2) is 5.01 Å². The molecule has 166 valence electrons. The summed E-state index contributed by atoms with van der Waals surface area (Å²) in [6.45, 7) is 0. The minimum Gasteiger partial charge on any atom is -0.503 e. The second kappa shape index (κ2) is 8.92. The highest BCUT2D eigenvalue weighted by Gasteiger charge is 2.35. The van der Waals surface area contributed by atoms with E-state index in [1.54, 1.807) is 17.1 Å². The van der Waals surface area contributed by atoms with E-state index in [0.717, 1.165) is 11.1 Å². The summed E-state index contributed by atoms with van der Waals surface area (Å²) >= 11 is 4.83. The van der Waals surface area contributed by atoms with Crippen molar-refractivity contribution in [2.45, 2.75) is 11.9 Å². The van der Waals surface area contributed by atoms with Gasteiger partial charge >= 0.3 is 0 Å². The predicted octanol–water partition coefficient (Wildman–Crippen LogP) is 3.24. The number of thioether (sulfide) groups is 1. The molecule has 5 rings (SSSR count). The van der Waals surface area contributed by atoms with Gasteiger partial charge < -0.3 is 9.84 Å². The van der Waals surface area contributed by atoms with E-state index in [1.165, 1.54) is 18.9 Å². The normalized spacial score (nSPS) is 16.8. The maximum absolute atomic E-state index is 13.2. The lowest BCUT2D eigenvalue weighted by Gasteiger charge is -2.34. The van der Waals surface area contributed by atoms with Crippen LogP contribution in [0.1, 0.15) is 17.3 Å². The molecule has 0 saturated carbocycles. The smallest absolute Gasteiger partial charge is 0.276 e. The van der Waals surface area contributed by atoms with Crippen LogP contribution in [0.3, 0.4) is 0 Å². The number of hydrogen-bond acceptors (Lipinski definition) is 7. The monoisotopic (exact) mass is 522 g/mol. The van der Waals surface area contributed by atoms with Gasteiger partial charge in [0.15, 0.2) is 22.8 Å². The first kappa shape index (κ1) is 21.5. The number of amidine groups is 1. The highest BCUT2D eigenvalue weighted by Crippen LogP contribution is 2.40. The average molecular weight is 523 g/mol. The van der Waals surface area contributed by atoms with Crippen LogP contribution in [0.5, 0.6) is 11.5 Å². The number of carbonyl (C=O) groups is 1. The van der Waals surface area contributed by atoms with E-state index in [1.807, 2.05) is 54.6 Å². The summed E-state index contributed by atoms with van der Waals surface area (Å²) in [5.41, 5.74) is 2.28. The van der Waals surface area contributed by atoms with Gasteiger partial charge in [-0.1, -0.05) is 60.3 Å². The molecular weight excluding hydrogens is 504 g/mol. The molecule has 1 unspecified atom stereocenters. The van der Waals surface area contributed by atoms with Crippen molar-refractivity contribution in [1.29, 1.82) is 0 Å². The van der Waals surface area contributed by atoms with E-state index in [2.05, 4.69) is 21.2 Å². The van der Waals surface area contributed by atoms with Crippen LogP contribution in [-0.4, -0.2) is 28.3 Å². The van der Waals surface area contributed by atoms with Gasteiger partial charge in [0, 0.05) is 16.5 Å². The Morgan fingerprint density at radius 2 is 1.91 bits per heavy atom. The van der Waals surface area contributed by atoms with Crippen molar-refractivity contribution in [3.05, 3.63) is 92.9 Å². The Bertz CT molecular complexity index is 1390. The van der Waals surface area contributed by atoms with Crippen molar-refractivity contribution in [2.75, 3.05) is 7.11 Å². The summed E-state index contributed by atoms with van der Waals surface area (Å²) in [4.78, 5) is 18.1. The van der Waals surface area contributed by atoms with Crippen molar-refractivity contribution >= 4 is 44.5 Å². The number of nitrogens with one attached hydrogen (secondary N) is 1. The Labute approximate surface area is 202 Å². The van der Waals surface area contributed by atoms with Crippen molar-refractivity contribution in [2.24, 2.45) is 10.1 Å². The summed E-state index contributed by atoms with van der Waals surface area (Å²) in [5.74, 6) is 0.734. The third-order valence-electron chi connectivity index (χ3n) is 5.30. The number of halogens is 1. The standard InChI is InChI=1S/C24H19BrN4O3S/c1-32-19-12-15(11-17(25)21(19)30)22-26-18-10-6-5-9-16(18)20-23(31)27-24(28-29(20)22)33-13-14-7-3-2-4-8-14/h2-12,22,30H,13H2,1H3,(H,27,28,31). The number of rotatable bonds is 4. The van der Waals surface area contributed by atoms with Crippen LogP contribution in [0.4, 0.5) is 0 Å². The van der Waals surface area contributed by atoms with E-state index in [4.69, 9.17) is 14.8 Å². The molecule has 1 atom stereocenters. The molecule has 0 spiro atoms. The summed E-state index contributed by atoms with van der Waals surface area (Å²) in [7, 11) is 1.49. The minimum atomic E-state index is -0.612. The van der Waals surface area contributed by atoms with Gasteiger partial charge in [0.05, 0.1) is 16.9 Å². The van der Waals surface area contributed by atoms with Gasteiger partial charge in [-0.15, -0.1) is 5.10 Å². The molecule has 0 aromatic heterocycles. The Kier molecular flexibility index (Phi) is 5.82. The van der Waals surface area contributed by atoms with Crippen LogP contribution >= 0.6 is 27.7 Å². The number of hydrogen-bond donors (Lipinski definition) is 2. The zero-order chi connectivity index (χ0) is 22.9. The third kappa shape index (κ3) is 4.09. The molecular formula is C24H19BrN4O3S. The molecule has 0 fully saturated rings. The van der Waals surface area contributed by atoms with Gasteiger partial charge in [0.25, 0.3) is 5.91 Å². The number of phenols is 1. The van der Waals surface area contributed by atoms with Crippen LogP contribution in [0, 0.1) is 0 Å². The molecule has 2 aliphatic heterocycles. The molecule has 33 heavy (non-hydrogen) atoms. The summed E-state index contributed by atoms with van der Waals surface area (Å²) in [6, 6.07) is 21.0. The minimum absolute atomic E-state index is 0.000608. The number of methoxy groups -OCH3 is 1. The number of carbonyl (C=O) groups excluding carboxylic acids is 1. The van der Waals surface area contributed by atoms with Gasteiger partial charge in [0.1, 0.15) is 5.70 Å². The molecule has 2 aliphatic rings. The zero-order valence-electron chi connectivity index (χ0n) is 17.5. The van der Waals surface area contributed by atoms with E-state index < -0.39 is 6.17 Å². The Balaban J connectivity index is 1.61. The lowest BCUT2D eigenvalue weighted by atomic mass is 10.1. The van der Waals surface area contributed by atoms with Crippen molar-refractivity contribution in [3.8, 4) is 11.5 Å². The fourth-order valence-corrected chi connectivity index (χ4v) is 5.00. The summed E-state index contributed by atoms with van der Waals surface area (Å²) in [6.07, 6.45) is -0.612. The van der Waals surface area contributed by atoms with E-state index in [9.17, 15) is 9.90 Å². The maximum Gasteiger partial charge on any atom is 0.276 e. The highest BCUT2D eigenvalue weighted by molar-refractivity contribution is 9.10. The number of ether oxygens (including phenoxy) is 1. The van der Waals surface area contributed by atoms with Crippen LogP contribution in [-0.2, 0) is 10.5 Å². The largest absolute Gasteiger partial charge is 0.503 e. The summed E-state index contributed by atoms with van der Waals surface area (Å²) < 4.78 is 5.80. The lowest BCUT2D eigenvalue weighted by Crippen LogP contribution is -2.50. The lowest BCUT2D eigenvalue weighted by molar-refractivity contribution is -0.116. The Morgan fingerprint density at radius 3 is 2.70 bits per heavy atom. The number of aromatic hydroxyl groups is 1. The van der Waals surface area contributed by atoms with Crippen LogP contribution < -0.4 is 20.6 Å². The third-order valence-corrected chi connectivity index (χ3v) is 6.84. The molecule has 0 saturated heterocycles.